The molecular formula is C34H28O2. The van der Waals surface area contributed by atoms with Gasteiger partial charge in [0.05, 0.1) is 0 Å². The number of ketones is 2. The Labute approximate surface area is 212 Å². The molecule has 1 fully saturated rings. The van der Waals surface area contributed by atoms with Crippen LogP contribution >= 0.6 is 0 Å². The topological polar surface area (TPSA) is 34.1 Å². The summed E-state index contributed by atoms with van der Waals surface area (Å²) in [6.07, 6.45) is 8.39. The maximum atomic E-state index is 13.8. The van der Waals surface area contributed by atoms with E-state index in [1.165, 1.54) is 0 Å². The number of rotatable bonds is 8. The lowest BCUT2D eigenvalue weighted by Gasteiger charge is -2.48. The Morgan fingerprint density at radius 1 is 0.444 bits per heavy atom. The maximum absolute atomic E-state index is 13.8. The van der Waals surface area contributed by atoms with Crippen molar-refractivity contribution < 1.29 is 9.59 Å². The van der Waals surface area contributed by atoms with Crippen LogP contribution in [0.2, 0.25) is 0 Å². The van der Waals surface area contributed by atoms with Gasteiger partial charge in [-0.25, -0.2) is 0 Å². The summed E-state index contributed by atoms with van der Waals surface area (Å²) in [5.41, 5.74) is 3.45. The van der Waals surface area contributed by atoms with Crippen molar-refractivity contribution in [2.24, 2.45) is 23.7 Å². The summed E-state index contributed by atoms with van der Waals surface area (Å²) in [6, 6.07) is 38.9. The molecule has 0 radical (unpaired) electrons. The molecule has 2 nitrogen and oxygen atoms in total. The summed E-state index contributed by atoms with van der Waals surface area (Å²) in [5, 5.41) is 0. The number of Topliss-reactive ketones (excluding diaryl/α,β-unsaturated/α-hetero) is 2. The molecule has 0 amide bonds. The standard InChI is InChI=1S/C34H28O2/c35-33(27-17-9-3-10-18-27)31-29(23-21-25-13-5-1-6-14-25)30(24-22-26-15-7-2-8-16-26)32(31)34(36)28-19-11-4-12-20-28/h1-24,29-32H/b23-21+,24-22+/t29-,30-,31+,32+/m1/s1. The van der Waals surface area contributed by atoms with Crippen LogP contribution < -0.4 is 0 Å². The van der Waals surface area contributed by atoms with Crippen LogP contribution in [-0.4, -0.2) is 11.6 Å². The van der Waals surface area contributed by atoms with Crippen LogP contribution in [0.4, 0.5) is 0 Å². The minimum atomic E-state index is -0.425. The zero-order valence-corrected chi connectivity index (χ0v) is 20.0. The van der Waals surface area contributed by atoms with Gasteiger partial charge in [-0.05, 0) is 23.0 Å². The van der Waals surface area contributed by atoms with E-state index in [9.17, 15) is 9.59 Å². The molecular weight excluding hydrogens is 440 g/mol. The monoisotopic (exact) mass is 468 g/mol. The molecule has 0 saturated heterocycles. The Morgan fingerprint density at radius 2 is 0.750 bits per heavy atom. The van der Waals surface area contributed by atoms with Gasteiger partial charge in [0.25, 0.3) is 0 Å². The van der Waals surface area contributed by atoms with E-state index < -0.39 is 11.8 Å². The molecule has 0 bridgehead atoms. The van der Waals surface area contributed by atoms with E-state index in [2.05, 4.69) is 24.3 Å². The number of carbonyl (C=O) groups is 2. The molecule has 0 spiro atoms. The van der Waals surface area contributed by atoms with Crippen LogP contribution in [-0.2, 0) is 0 Å². The van der Waals surface area contributed by atoms with Crippen molar-refractivity contribution in [2.75, 3.05) is 0 Å². The van der Waals surface area contributed by atoms with Crippen molar-refractivity contribution in [1.82, 2.24) is 0 Å². The van der Waals surface area contributed by atoms with Gasteiger partial charge in [0.2, 0.25) is 0 Å². The lowest BCUT2D eigenvalue weighted by atomic mass is 9.52. The van der Waals surface area contributed by atoms with Crippen molar-refractivity contribution in [1.29, 1.82) is 0 Å². The van der Waals surface area contributed by atoms with Crippen molar-refractivity contribution in [3.8, 4) is 0 Å². The SMILES string of the molecule is O=C(c1ccccc1)[C@H]1[C@H](/C=C/c2ccccc2)[C@@H](/C=C/c2ccccc2)[C@@H]1C(=O)c1ccccc1. The molecule has 0 unspecified atom stereocenters. The molecule has 0 heterocycles. The fourth-order valence-electron chi connectivity index (χ4n) is 5.15. The van der Waals surface area contributed by atoms with Gasteiger partial charge in [0.15, 0.2) is 11.6 Å². The Bertz CT molecular complexity index is 1250. The summed E-state index contributed by atoms with van der Waals surface area (Å²) in [5.74, 6) is -0.976. The molecule has 1 aliphatic rings. The first-order valence-electron chi connectivity index (χ1n) is 12.4. The smallest absolute Gasteiger partial charge is 0.167 e. The lowest BCUT2D eigenvalue weighted by molar-refractivity contribution is 0.0316. The van der Waals surface area contributed by atoms with E-state index in [1.54, 1.807) is 0 Å². The molecule has 4 atom stereocenters. The predicted octanol–water partition coefficient (Wildman–Crippen LogP) is 7.66. The van der Waals surface area contributed by atoms with Crippen molar-refractivity contribution in [3.05, 3.63) is 156 Å². The summed E-state index contributed by atoms with van der Waals surface area (Å²) >= 11 is 0. The summed E-state index contributed by atoms with van der Waals surface area (Å²) in [6.45, 7) is 0. The number of allylic oxidation sites excluding steroid dienone is 2. The lowest BCUT2D eigenvalue weighted by Crippen LogP contribution is -2.52. The fraction of sp³-hybridized carbons (Fsp3) is 0.118. The average molecular weight is 469 g/mol. The quantitative estimate of drug-likeness (QED) is 0.249. The predicted molar refractivity (Wildman–Crippen MR) is 146 cm³/mol. The largest absolute Gasteiger partial charge is 0.294 e. The normalized spacial score (nSPS) is 21.3. The third kappa shape index (κ3) is 5.04. The summed E-state index contributed by atoms with van der Waals surface area (Å²) in [4.78, 5) is 27.6. The number of benzene rings is 4. The Morgan fingerprint density at radius 3 is 1.08 bits per heavy atom. The Balaban J connectivity index is 1.55. The zero-order chi connectivity index (χ0) is 24.7. The maximum Gasteiger partial charge on any atom is 0.167 e. The van der Waals surface area contributed by atoms with Crippen LogP contribution in [0.25, 0.3) is 12.2 Å². The van der Waals surface area contributed by atoms with Crippen LogP contribution in [0.15, 0.2) is 133 Å². The minimum absolute atomic E-state index is 0.0250. The van der Waals surface area contributed by atoms with Crippen molar-refractivity contribution in [2.45, 2.75) is 0 Å². The zero-order valence-electron chi connectivity index (χ0n) is 20.0. The van der Waals surface area contributed by atoms with E-state index >= 15 is 0 Å². The van der Waals surface area contributed by atoms with Gasteiger partial charge in [0.1, 0.15) is 0 Å². The highest BCUT2D eigenvalue weighted by molar-refractivity contribution is 6.07. The van der Waals surface area contributed by atoms with E-state index in [1.807, 2.05) is 121 Å². The van der Waals surface area contributed by atoms with E-state index in [4.69, 9.17) is 0 Å². The number of hydrogen-bond donors (Lipinski definition) is 0. The molecule has 4 aromatic rings. The highest BCUT2D eigenvalue weighted by Crippen LogP contribution is 2.51. The highest BCUT2D eigenvalue weighted by atomic mass is 16.1. The molecule has 4 aromatic carbocycles. The van der Waals surface area contributed by atoms with E-state index in [0.29, 0.717) is 11.1 Å². The van der Waals surface area contributed by atoms with Crippen LogP contribution in [0, 0.1) is 23.7 Å². The van der Waals surface area contributed by atoms with Gasteiger partial charge >= 0.3 is 0 Å². The first-order valence-corrected chi connectivity index (χ1v) is 12.4. The Hall–Kier alpha value is -4.30. The molecule has 0 aliphatic heterocycles. The molecule has 1 saturated carbocycles. The van der Waals surface area contributed by atoms with Crippen LogP contribution in [0.5, 0.6) is 0 Å². The molecule has 1 aliphatic carbocycles. The van der Waals surface area contributed by atoms with Gasteiger partial charge < -0.3 is 0 Å². The second-order valence-corrected chi connectivity index (χ2v) is 9.21. The highest BCUT2D eigenvalue weighted by Gasteiger charge is 2.54. The van der Waals surface area contributed by atoms with Gasteiger partial charge in [-0.3, -0.25) is 9.59 Å². The fourth-order valence-corrected chi connectivity index (χ4v) is 5.15. The third-order valence-corrected chi connectivity index (χ3v) is 7.00. The molecule has 2 heteroatoms. The van der Waals surface area contributed by atoms with Crippen LogP contribution in [0.3, 0.4) is 0 Å². The van der Waals surface area contributed by atoms with Crippen molar-refractivity contribution in [3.63, 3.8) is 0 Å². The van der Waals surface area contributed by atoms with Gasteiger partial charge in [-0.2, -0.15) is 0 Å². The first-order chi connectivity index (χ1) is 17.7. The molecule has 36 heavy (non-hydrogen) atoms. The molecule has 0 N–H and O–H groups in total. The minimum Gasteiger partial charge on any atom is -0.294 e. The molecule has 5 rings (SSSR count). The Kier molecular flexibility index (Phi) is 7.14. The average Bonchev–Trinajstić information content (AvgIpc) is 2.94. The second kappa shape index (κ2) is 11.0. The van der Waals surface area contributed by atoms with Crippen molar-refractivity contribution >= 4 is 23.7 Å². The third-order valence-electron chi connectivity index (χ3n) is 7.00. The van der Waals surface area contributed by atoms with Crippen LogP contribution in [0.1, 0.15) is 31.8 Å². The molecule has 0 aromatic heterocycles. The summed E-state index contributed by atoms with van der Waals surface area (Å²) in [7, 11) is 0. The first kappa shape index (κ1) is 23.4. The van der Waals surface area contributed by atoms with Gasteiger partial charge in [-0.15, -0.1) is 0 Å². The molecule has 176 valence electrons. The van der Waals surface area contributed by atoms with Gasteiger partial charge in [-0.1, -0.05) is 146 Å². The number of carbonyl (C=O) groups excluding carboxylic acids is 2. The summed E-state index contributed by atoms with van der Waals surface area (Å²) < 4.78 is 0. The van der Waals surface area contributed by atoms with E-state index in [0.717, 1.165) is 11.1 Å². The van der Waals surface area contributed by atoms with Gasteiger partial charge in [0, 0.05) is 23.0 Å². The number of hydrogen-bond acceptors (Lipinski definition) is 2. The second-order valence-electron chi connectivity index (χ2n) is 9.21. The van der Waals surface area contributed by atoms with E-state index in [-0.39, 0.29) is 23.4 Å².